The van der Waals surface area contributed by atoms with Crippen LogP contribution < -0.4 is 18.9 Å². The molecule has 34 heavy (non-hydrogen) atoms. The van der Waals surface area contributed by atoms with Gasteiger partial charge in [-0.2, -0.15) is 0 Å². The first kappa shape index (κ1) is 28.8. The van der Waals surface area contributed by atoms with E-state index in [0.717, 1.165) is 19.3 Å². The predicted molar refractivity (Wildman–Crippen MR) is 132 cm³/mol. The Hall–Kier alpha value is -3.26. The van der Waals surface area contributed by atoms with Crippen LogP contribution in [0.2, 0.25) is 0 Å². The topological polar surface area (TPSA) is 93.2 Å². The van der Waals surface area contributed by atoms with Crippen LogP contribution >= 0.6 is 12.4 Å². The van der Waals surface area contributed by atoms with Gasteiger partial charge in [0.2, 0.25) is 0 Å². The van der Waals surface area contributed by atoms with E-state index in [4.69, 9.17) is 23.7 Å². The molecule has 0 spiro atoms. The Morgan fingerprint density at radius 1 is 0.941 bits per heavy atom. The molecule has 0 aliphatic heterocycles. The van der Waals surface area contributed by atoms with Crippen molar-refractivity contribution in [1.82, 2.24) is 4.98 Å². The molecule has 0 radical (unpaired) electrons. The van der Waals surface area contributed by atoms with Crippen molar-refractivity contribution in [2.45, 2.75) is 32.6 Å². The lowest BCUT2D eigenvalue weighted by molar-refractivity contribution is -0.143. The fraction of sp³-hybridized carbons (Fsp3) is 0.400. The lowest BCUT2D eigenvalue weighted by Crippen LogP contribution is -2.04. The monoisotopic (exact) mass is 493 g/mol. The molecule has 1 heterocycles. The number of hydrogen-bond acceptors (Lipinski definition) is 8. The van der Waals surface area contributed by atoms with Gasteiger partial charge in [-0.25, -0.2) is 0 Å². The number of allylic oxidation sites excluding steroid dienone is 1. The minimum atomic E-state index is -0.272. The lowest BCUT2D eigenvalue weighted by atomic mass is 10.1. The van der Waals surface area contributed by atoms with Crippen LogP contribution in [0, 0.1) is 0 Å². The molecular formula is C25H32ClNO7. The molecule has 186 valence electrons. The normalized spacial score (nSPS) is 10.4. The maximum Gasteiger partial charge on any atom is 0.305 e. The number of benzene rings is 1. The number of ketones is 1. The maximum absolute atomic E-state index is 12.8. The summed E-state index contributed by atoms with van der Waals surface area (Å²) in [5, 5.41) is 0. The second kappa shape index (κ2) is 15.6. The van der Waals surface area contributed by atoms with Crippen LogP contribution in [-0.2, 0) is 9.53 Å². The number of ether oxygens (including phenoxy) is 5. The highest BCUT2D eigenvalue weighted by Crippen LogP contribution is 2.30. The van der Waals surface area contributed by atoms with E-state index in [9.17, 15) is 9.59 Å². The number of carbonyl (C=O) groups excluding carboxylic acids is 2. The molecule has 0 aliphatic carbocycles. The van der Waals surface area contributed by atoms with Gasteiger partial charge in [0, 0.05) is 12.5 Å². The Bertz CT molecular complexity index is 940. The molecule has 0 saturated carbocycles. The van der Waals surface area contributed by atoms with Gasteiger partial charge in [-0.3, -0.25) is 14.6 Å². The molecule has 0 N–H and O–H groups in total. The Balaban J connectivity index is 0.00000578. The van der Waals surface area contributed by atoms with E-state index in [1.807, 2.05) is 0 Å². The zero-order valence-corrected chi connectivity index (χ0v) is 20.8. The first-order chi connectivity index (χ1) is 16.0. The lowest BCUT2D eigenvalue weighted by Gasteiger charge is -2.11. The molecule has 0 unspecified atom stereocenters. The second-order valence-corrected chi connectivity index (χ2v) is 6.96. The zero-order chi connectivity index (χ0) is 24.1. The highest BCUT2D eigenvalue weighted by molar-refractivity contribution is 6.10. The van der Waals surface area contributed by atoms with Crippen molar-refractivity contribution in [2.24, 2.45) is 0 Å². The number of carbonyl (C=O) groups is 2. The molecule has 2 aromatic rings. The maximum atomic E-state index is 12.8. The summed E-state index contributed by atoms with van der Waals surface area (Å²) < 4.78 is 26.7. The second-order valence-electron chi connectivity index (χ2n) is 6.96. The summed E-state index contributed by atoms with van der Waals surface area (Å²) in [6.07, 6.45) is 7.33. The molecule has 1 aromatic heterocycles. The van der Waals surface area contributed by atoms with Crippen molar-refractivity contribution in [3.63, 3.8) is 0 Å². The van der Waals surface area contributed by atoms with Gasteiger partial charge in [0.05, 0.1) is 46.4 Å². The Labute approximate surface area is 206 Å². The highest BCUT2D eigenvalue weighted by atomic mass is 35.5. The molecule has 9 heteroatoms. The Morgan fingerprint density at radius 3 is 2.24 bits per heavy atom. The standard InChI is InChI=1S/C25H31NO7.ClH/c1-5-32-24(28)12-7-6-8-15-33-22-16-18(26-17-23(22)31-4)13-14-19(27)25-20(29-2)10-9-11-21(25)30-3;/h9-11,13-14,16-17H,5-8,12,15H2,1-4H3;1H. The van der Waals surface area contributed by atoms with Crippen LogP contribution in [-0.4, -0.2) is 51.3 Å². The van der Waals surface area contributed by atoms with E-state index in [1.54, 1.807) is 43.5 Å². The number of pyridine rings is 1. The van der Waals surface area contributed by atoms with E-state index in [1.165, 1.54) is 27.4 Å². The minimum Gasteiger partial charge on any atom is -0.496 e. The fourth-order valence-corrected chi connectivity index (χ4v) is 3.10. The largest absolute Gasteiger partial charge is 0.496 e. The van der Waals surface area contributed by atoms with E-state index in [-0.39, 0.29) is 24.2 Å². The summed E-state index contributed by atoms with van der Waals surface area (Å²) >= 11 is 0. The summed E-state index contributed by atoms with van der Waals surface area (Å²) in [6.45, 7) is 2.66. The third-order valence-corrected chi connectivity index (χ3v) is 4.74. The van der Waals surface area contributed by atoms with Crippen molar-refractivity contribution in [2.75, 3.05) is 34.5 Å². The predicted octanol–water partition coefficient (Wildman–Crippen LogP) is 4.93. The molecule has 0 saturated heterocycles. The van der Waals surface area contributed by atoms with Gasteiger partial charge >= 0.3 is 5.97 Å². The number of methoxy groups -OCH3 is 3. The molecule has 0 amide bonds. The first-order valence-corrected chi connectivity index (χ1v) is 10.8. The number of rotatable bonds is 14. The van der Waals surface area contributed by atoms with Gasteiger partial charge in [0.15, 0.2) is 17.3 Å². The van der Waals surface area contributed by atoms with Crippen molar-refractivity contribution in [1.29, 1.82) is 0 Å². The molecule has 0 fully saturated rings. The summed E-state index contributed by atoms with van der Waals surface area (Å²) in [4.78, 5) is 28.4. The van der Waals surface area contributed by atoms with Crippen LogP contribution in [0.25, 0.3) is 6.08 Å². The van der Waals surface area contributed by atoms with E-state index in [2.05, 4.69) is 4.98 Å². The van der Waals surface area contributed by atoms with Gasteiger partial charge in [-0.15, -0.1) is 12.4 Å². The number of halogens is 1. The van der Waals surface area contributed by atoms with Crippen molar-refractivity contribution < 1.29 is 33.3 Å². The van der Waals surface area contributed by atoms with Crippen LogP contribution in [0.4, 0.5) is 0 Å². The summed E-state index contributed by atoms with van der Waals surface area (Å²) in [5.41, 5.74) is 0.877. The van der Waals surface area contributed by atoms with Gasteiger partial charge < -0.3 is 23.7 Å². The quantitative estimate of drug-likeness (QED) is 0.158. The average molecular weight is 494 g/mol. The van der Waals surface area contributed by atoms with Crippen LogP contribution in [0.1, 0.15) is 48.7 Å². The van der Waals surface area contributed by atoms with Crippen LogP contribution in [0.15, 0.2) is 36.5 Å². The van der Waals surface area contributed by atoms with Gasteiger partial charge in [0.1, 0.15) is 17.1 Å². The molecule has 0 aliphatic rings. The summed E-state index contributed by atoms with van der Waals surface area (Å²) in [5.74, 6) is 1.44. The third-order valence-electron chi connectivity index (χ3n) is 4.74. The molecule has 0 atom stereocenters. The van der Waals surface area contributed by atoms with Gasteiger partial charge in [-0.1, -0.05) is 6.07 Å². The minimum absolute atomic E-state index is 0. The van der Waals surface area contributed by atoms with Crippen molar-refractivity contribution >= 4 is 30.2 Å². The van der Waals surface area contributed by atoms with Gasteiger partial charge in [0.25, 0.3) is 0 Å². The van der Waals surface area contributed by atoms with Crippen LogP contribution in [0.5, 0.6) is 23.0 Å². The smallest absolute Gasteiger partial charge is 0.305 e. The van der Waals surface area contributed by atoms with E-state index in [0.29, 0.717) is 53.9 Å². The van der Waals surface area contributed by atoms with E-state index < -0.39 is 0 Å². The zero-order valence-electron chi connectivity index (χ0n) is 20.0. The first-order valence-electron chi connectivity index (χ1n) is 10.8. The SMILES string of the molecule is CCOC(=O)CCCCCOc1cc(C=CC(=O)c2c(OC)cccc2OC)ncc1OC.Cl. The number of hydrogen-bond donors (Lipinski definition) is 0. The molecule has 1 aromatic carbocycles. The van der Waals surface area contributed by atoms with Crippen LogP contribution in [0.3, 0.4) is 0 Å². The van der Waals surface area contributed by atoms with Crippen molar-refractivity contribution in [3.05, 3.63) is 47.8 Å². The van der Waals surface area contributed by atoms with Crippen molar-refractivity contribution in [3.8, 4) is 23.0 Å². The Morgan fingerprint density at radius 2 is 1.62 bits per heavy atom. The third kappa shape index (κ3) is 8.59. The summed E-state index contributed by atoms with van der Waals surface area (Å²) in [6, 6.07) is 6.87. The summed E-state index contributed by atoms with van der Waals surface area (Å²) in [7, 11) is 4.54. The Kier molecular flexibility index (Phi) is 13.2. The highest BCUT2D eigenvalue weighted by Gasteiger charge is 2.16. The molecule has 8 nitrogen and oxygen atoms in total. The number of unbranched alkanes of at least 4 members (excludes halogenated alkanes) is 2. The van der Waals surface area contributed by atoms with Gasteiger partial charge in [-0.05, 0) is 50.5 Å². The molecule has 2 rings (SSSR count). The fourth-order valence-electron chi connectivity index (χ4n) is 3.10. The molecule has 0 bridgehead atoms. The number of aromatic nitrogens is 1. The van der Waals surface area contributed by atoms with E-state index >= 15 is 0 Å². The number of esters is 1. The molecular weight excluding hydrogens is 462 g/mol. The average Bonchev–Trinajstić information content (AvgIpc) is 2.84. The number of nitrogens with zero attached hydrogens (tertiary/aromatic N) is 1.